The lowest BCUT2D eigenvalue weighted by molar-refractivity contribution is -0.112. The molecule has 1 unspecified atom stereocenters. The first-order chi connectivity index (χ1) is 7.11. The number of benzene rings is 1. The topological polar surface area (TPSA) is 49.7 Å². The van der Waals surface area contributed by atoms with Crippen LogP contribution in [0.1, 0.15) is 11.7 Å². The average molecular weight is 244 g/mol. The predicted octanol–water partition coefficient (Wildman–Crippen LogP) is 0.552. The maximum Gasteiger partial charge on any atom is 0.270 e. The number of aliphatic hydroxyl groups excluding tert-OH is 1. The third-order valence-electron chi connectivity index (χ3n) is 2.16. The fourth-order valence-electron chi connectivity index (χ4n) is 1.43. The van der Waals surface area contributed by atoms with Gasteiger partial charge in [0.15, 0.2) is 0 Å². The van der Waals surface area contributed by atoms with Crippen LogP contribution in [0.4, 0.5) is 0 Å². The first-order valence-electron chi connectivity index (χ1n) is 4.29. The van der Waals surface area contributed by atoms with E-state index in [0.29, 0.717) is 21.2 Å². The Hall–Kier alpha value is -0.900. The molecule has 0 saturated carbocycles. The van der Waals surface area contributed by atoms with Crippen LogP contribution in [0.15, 0.2) is 17.1 Å². The number of hydrogen-bond donors (Lipinski definition) is 1. The van der Waals surface area contributed by atoms with Crippen molar-refractivity contribution in [1.82, 2.24) is 0 Å². The van der Waals surface area contributed by atoms with Gasteiger partial charge < -0.3 is 5.11 Å². The maximum absolute atomic E-state index is 11.0. The van der Waals surface area contributed by atoms with Gasteiger partial charge in [-0.3, -0.25) is 4.79 Å². The van der Waals surface area contributed by atoms with E-state index >= 15 is 0 Å². The van der Waals surface area contributed by atoms with Crippen molar-refractivity contribution in [2.75, 3.05) is 5.88 Å². The molecule has 78 valence electrons. The van der Waals surface area contributed by atoms with E-state index in [2.05, 4.69) is 4.99 Å². The molecule has 0 aromatic heterocycles. The molecule has 1 amide bonds. The fourth-order valence-corrected chi connectivity index (χ4v) is 1.88. The number of hydrogen-bond acceptors (Lipinski definition) is 2. The molecule has 5 heteroatoms. The Morgan fingerprint density at radius 1 is 1.47 bits per heavy atom. The van der Waals surface area contributed by atoms with Gasteiger partial charge in [-0.1, -0.05) is 11.6 Å². The van der Waals surface area contributed by atoms with E-state index in [9.17, 15) is 9.90 Å². The minimum absolute atomic E-state index is 0.0591. The van der Waals surface area contributed by atoms with Crippen molar-refractivity contribution >= 4 is 35.2 Å². The van der Waals surface area contributed by atoms with Crippen LogP contribution in [-0.4, -0.2) is 16.9 Å². The van der Waals surface area contributed by atoms with Crippen LogP contribution in [0.25, 0.3) is 6.08 Å². The number of rotatable bonds is 2. The van der Waals surface area contributed by atoms with E-state index in [-0.39, 0.29) is 11.8 Å². The smallest absolute Gasteiger partial charge is 0.270 e. The number of alkyl halides is 1. The standard InChI is InChI=1S/C10H7Cl2NO2/c11-4-9(14)6-1-5-2-10(15)13-8(5)3-7(6)12/h1-3,9,14H,4H2. The van der Waals surface area contributed by atoms with Crippen molar-refractivity contribution in [3.8, 4) is 0 Å². The van der Waals surface area contributed by atoms with Gasteiger partial charge >= 0.3 is 0 Å². The minimum atomic E-state index is -0.825. The Balaban J connectivity index is 2.65. The molecule has 1 heterocycles. The number of fused-ring (bicyclic) bond motifs is 1. The van der Waals surface area contributed by atoms with Crippen LogP contribution in [0.2, 0.25) is 5.02 Å². The second kappa shape index (κ2) is 3.93. The number of carbonyl (C=O) groups excluding carboxylic acids is 1. The van der Waals surface area contributed by atoms with Crippen molar-refractivity contribution in [3.63, 3.8) is 0 Å². The molecule has 15 heavy (non-hydrogen) atoms. The summed E-state index contributed by atoms with van der Waals surface area (Å²) in [6, 6.07) is 3.20. The van der Waals surface area contributed by atoms with Crippen LogP contribution in [0.5, 0.6) is 0 Å². The molecule has 1 aromatic carbocycles. The third-order valence-corrected chi connectivity index (χ3v) is 2.78. The summed E-state index contributed by atoms with van der Waals surface area (Å²) in [5.41, 5.74) is 0.520. The molecule has 0 spiro atoms. The molecule has 1 aromatic rings. The van der Waals surface area contributed by atoms with Crippen molar-refractivity contribution in [3.05, 3.63) is 33.3 Å². The van der Waals surface area contributed by atoms with E-state index in [1.165, 1.54) is 6.08 Å². The highest BCUT2D eigenvalue weighted by atomic mass is 35.5. The largest absolute Gasteiger partial charge is 0.387 e. The normalized spacial score (nSPS) is 15.5. The lowest BCUT2D eigenvalue weighted by Gasteiger charge is -2.08. The van der Waals surface area contributed by atoms with Crippen LogP contribution in [0, 0.1) is 0 Å². The van der Waals surface area contributed by atoms with Gasteiger partial charge in [0, 0.05) is 21.9 Å². The van der Waals surface area contributed by atoms with Gasteiger partial charge in [-0.15, -0.1) is 11.6 Å². The molecule has 0 bridgehead atoms. The zero-order chi connectivity index (χ0) is 11.0. The van der Waals surface area contributed by atoms with Gasteiger partial charge in [-0.05, 0) is 12.1 Å². The highest BCUT2D eigenvalue weighted by Crippen LogP contribution is 2.20. The van der Waals surface area contributed by atoms with Gasteiger partial charge in [0.1, 0.15) is 0 Å². The van der Waals surface area contributed by atoms with E-state index in [1.807, 2.05) is 0 Å². The number of nitrogens with zero attached hydrogens (tertiary/aromatic N) is 1. The molecule has 0 aliphatic carbocycles. The van der Waals surface area contributed by atoms with Crippen molar-refractivity contribution < 1.29 is 9.90 Å². The monoisotopic (exact) mass is 243 g/mol. The molecule has 0 fully saturated rings. The lowest BCUT2D eigenvalue weighted by atomic mass is 10.1. The van der Waals surface area contributed by atoms with Crippen LogP contribution < -0.4 is 10.6 Å². The van der Waals surface area contributed by atoms with Crippen LogP contribution in [-0.2, 0) is 4.79 Å². The summed E-state index contributed by atoms with van der Waals surface area (Å²) in [5, 5.41) is 11.1. The van der Waals surface area contributed by atoms with Gasteiger partial charge in [0.25, 0.3) is 5.91 Å². The molecule has 1 aliphatic heterocycles. The molecular formula is C10H7Cl2NO2. The summed E-state index contributed by atoms with van der Waals surface area (Å²) in [6.07, 6.45) is 0.574. The van der Waals surface area contributed by atoms with E-state index in [4.69, 9.17) is 23.2 Å². The van der Waals surface area contributed by atoms with Gasteiger partial charge in [-0.25, -0.2) is 4.99 Å². The van der Waals surface area contributed by atoms with Crippen molar-refractivity contribution in [2.45, 2.75) is 6.10 Å². The molecule has 1 atom stereocenters. The Morgan fingerprint density at radius 3 is 2.87 bits per heavy atom. The van der Waals surface area contributed by atoms with Gasteiger partial charge in [0.2, 0.25) is 0 Å². The summed E-state index contributed by atoms with van der Waals surface area (Å²) in [7, 11) is 0. The summed E-state index contributed by atoms with van der Waals surface area (Å²) in [5.74, 6) is -0.248. The molecular weight excluding hydrogens is 237 g/mol. The van der Waals surface area contributed by atoms with Gasteiger partial charge in [-0.2, -0.15) is 0 Å². The molecule has 0 saturated heterocycles. The zero-order valence-electron chi connectivity index (χ0n) is 7.58. The predicted molar refractivity (Wildman–Crippen MR) is 57.4 cm³/mol. The zero-order valence-corrected chi connectivity index (χ0v) is 9.09. The molecule has 1 N–H and O–H groups in total. The summed E-state index contributed by atoms with van der Waals surface area (Å²) < 4.78 is 0. The lowest BCUT2D eigenvalue weighted by Crippen LogP contribution is -2.23. The molecule has 2 rings (SSSR count). The molecule has 3 nitrogen and oxygen atoms in total. The Kier molecular flexibility index (Phi) is 2.78. The molecule has 0 radical (unpaired) electrons. The van der Waals surface area contributed by atoms with E-state index in [1.54, 1.807) is 12.1 Å². The summed E-state index contributed by atoms with van der Waals surface area (Å²) in [6.45, 7) is 0. The van der Waals surface area contributed by atoms with Crippen LogP contribution in [0.3, 0.4) is 0 Å². The summed E-state index contributed by atoms with van der Waals surface area (Å²) in [4.78, 5) is 14.8. The maximum atomic E-state index is 11.0. The SMILES string of the molecule is O=C1C=c2cc(C(O)CCl)c(Cl)cc2=N1. The first kappa shape index (κ1) is 10.6. The van der Waals surface area contributed by atoms with Crippen LogP contribution >= 0.6 is 23.2 Å². The first-order valence-corrected chi connectivity index (χ1v) is 5.21. The van der Waals surface area contributed by atoms with E-state index in [0.717, 1.165) is 0 Å². The number of aliphatic hydroxyl groups is 1. The fraction of sp³-hybridized carbons (Fsp3) is 0.200. The highest BCUT2D eigenvalue weighted by molar-refractivity contribution is 6.31. The Labute approximate surface area is 95.7 Å². The second-order valence-corrected chi connectivity index (χ2v) is 3.91. The third kappa shape index (κ3) is 1.91. The number of carbonyl (C=O) groups is 1. The van der Waals surface area contributed by atoms with Gasteiger partial charge in [0.05, 0.1) is 17.3 Å². The molecule has 1 aliphatic rings. The van der Waals surface area contributed by atoms with Crippen molar-refractivity contribution in [2.24, 2.45) is 4.99 Å². The number of amides is 1. The quantitative estimate of drug-likeness (QED) is 0.772. The summed E-state index contributed by atoms with van der Waals surface area (Å²) >= 11 is 11.5. The number of halogens is 2. The minimum Gasteiger partial charge on any atom is -0.387 e. The van der Waals surface area contributed by atoms with E-state index < -0.39 is 6.10 Å². The second-order valence-electron chi connectivity index (χ2n) is 3.20. The average Bonchev–Trinajstić information content (AvgIpc) is 2.55. The van der Waals surface area contributed by atoms with Crippen molar-refractivity contribution in [1.29, 1.82) is 0 Å². The Morgan fingerprint density at radius 2 is 2.20 bits per heavy atom. The Bertz CT molecular complexity index is 539. The highest BCUT2D eigenvalue weighted by Gasteiger charge is 2.13.